The molecule has 1 aliphatic rings. The predicted molar refractivity (Wildman–Crippen MR) is 80.4 cm³/mol. The van der Waals surface area contributed by atoms with Crippen molar-refractivity contribution in [1.29, 1.82) is 0 Å². The molecule has 4 heteroatoms. The van der Waals surface area contributed by atoms with Crippen molar-refractivity contribution in [1.82, 2.24) is 0 Å². The Morgan fingerprint density at radius 1 is 1.05 bits per heavy atom. The van der Waals surface area contributed by atoms with Crippen LogP contribution in [0.25, 0.3) is 11.1 Å². The molecule has 1 atom stereocenters. The number of fused-ring (bicyclic) bond motifs is 3. The number of hydrogen-bond acceptors (Lipinski definition) is 1. The second-order valence-electron chi connectivity index (χ2n) is 4.68. The molecule has 0 spiro atoms. The molecule has 0 fully saturated rings. The van der Waals surface area contributed by atoms with Gasteiger partial charge in [0, 0.05) is 10.0 Å². The molecule has 1 N–H and O–H groups in total. The Bertz CT molecular complexity index is 652. The lowest BCUT2D eigenvalue weighted by molar-refractivity contribution is 0.203. The van der Waals surface area contributed by atoms with E-state index in [0.717, 1.165) is 39.3 Å². The van der Waals surface area contributed by atoms with Crippen LogP contribution in [0, 0.1) is 0 Å². The Balaban J connectivity index is 2.24. The Hall–Kier alpha value is -0.730. The maximum atomic E-state index is 10.1. The first-order valence-electron chi connectivity index (χ1n) is 5.95. The molecule has 2 aromatic carbocycles. The zero-order chi connectivity index (χ0) is 13.6. The van der Waals surface area contributed by atoms with Crippen molar-refractivity contribution in [2.75, 3.05) is 5.88 Å². The van der Waals surface area contributed by atoms with E-state index in [4.69, 9.17) is 34.8 Å². The molecule has 1 aliphatic carbocycles. The van der Waals surface area contributed by atoms with Crippen LogP contribution in [0.5, 0.6) is 0 Å². The molecular weight excluding hydrogens is 303 g/mol. The number of aliphatic hydroxyl groups excluding tert-OH is 1. The molecule has 0 heterocycles. The summed E-state index contributed by atoms with van der Waals surface area (Å²) in [5.41, 5.74) is 5.22. The molecule has 0 saturated carbocycles. The number of alkyl halides is 1. The number of benzene rings is 2. The lowest BCUT2D eigenvalue weighted by Crippen LogP contribution is -2.01. The normalized spacial score (nSPS) is 14.1. The maximum Gasteiger partial charge on any atom is 0.0931 e. The third kappa shape index (κ3) is 2.25. The monoisotopic (exact) mass is 312 g/mol. The third-order valence-corrected chi connectivity index (χ3v) is 4.18. The molecule has 1 unspecified atom stereocenters. The van der Waals surface area contributed by atoms with Gasteiger partial charge < -0.3 is 5.11 Å². The van der Waals surface area contributed by atoms with Crippen LogP contribution in [0.15, 0.2) is 30.3 Å². The summed E-state index contributed by atoms with van der Waals surface area (Å²) in [5, 5.41) is 11.4. The van der Waals surface area contributed by atoms with Gasteiger partial charge in [-0.2, -0.15) is 0 Å². The fourth-order valence-corrected chi connectivity index (χ4v) is 3.27. The molecule has 98 valence electrons. The molecule has 19 heavy (non-hydrogen) atoms. The topological polar surface area (TPSA) is 20.2 Å². The largest absolute Gasteiger partial charge is 0.387 e. The van der Waals surface area contributed by atoms with Crippen LogP contribution in [0.3, 0.4) is 0 Å². The number of halogens is 3. The highest BCUT2D eigenvalue weighted by molar-refractivity contribution is 6.31. The van der Waals surface area contributed by atoms with E-state index in [1.54, 1.807) is 6.07 Å². The molecule has 0 aromatic heterocycles. The lowest BCUT2D eigenvalue weighted by atomic mass is 9.96. The van der Waals surface area contributed by atoms with Crippen molar-refractivity contribution in [3.05, 3.63) is 57.1 Å². The first-order valence-corrected chi connectivity index (χ1v) is 7.24. The van der Waals surface area contributed by atoms with E-state index < -0.39 is 6.10 Å². The van der Waals surface area contributed by atoms with Gasteiger partial charge in [0.1, 0.15) is 0 Å². The third-order valence-electron chi connectivity index (χ3n) is 3.44. The minimum atomic E-state index is -0.712. The summed E-state index contributed by atoms with van der Waals surface area (Å²) in [5.74, 6) is 0.149. The number of aliphatic hydroxyl groups is 1. The van der Waals surface area contributed by atoms with Crippen LogP contribution in [-0.4, -0.2) is 11.0 Å². The van der Waals surface area contributed by atoms with Crippen LogP contribution in [0.1, 0.15) is 22.8 Å². The maximum absolute atomic E-state index is 10.1. The summed E-state index contributed by atoms with van der Waals surface area (Å²) in [6, 6.07) is 9.54. The van der Waals surface area contributed by atoms with Gasteiger partial charge in [-0.15, -0.1) is 11.6 Å². The fourth-order valence-electron chi connectivity index (χ4n) is 2.66. The molecule has 0 radical (unpaired) electrons. The van der Waals surface area contributed by atoms with Crippen molar-refractivity contribution < 1.29 is 5.11 Å². The Kier molecular flexibility index (Phi) is 3.48. The highest BCUT2D eigenvalue weighted by Gasteiger charge is 2.25. The Labute approximate surface area is 126 Å². The summed E-state index contributed by atoms with van der Waals surface area (Å²) < 4.78 is 0. The van der Waals surface area contributed by atoms with Crippen molar-refractivity contribution in [3.63, 3.8) is 0 Å². The van der Waals surface area contributed by atoms with Gasteiger partial charge >= 0.3 is 0 Å². The SMILES string of the molecule is OC(CCl)c1cc(Cl)cc2c1-c1ccc(Cl)cc1C2. The molecule has 1 nitrogen and oxygen atoms in total. The molecule has 0 aliphatic heterocycles. The average Bonchev–Trinajstić information content (AvgIpc) is 2.73. The minimum Gasteiger partial charge on any atom is -0.387 e. The van der Waals surface area contributed by atoms with E-state index in [0.29, 0.717) is 5.02 Å². The van der Waals surface area contributed by atoms with E-state index in [2.05, 4.69) is 0 Å². The van der Waals surface area contributed by atoms with E-state index >= 15 is 0 Å². The van der Waals surface area contributed by atoms with E-state index in [9.17, 15) is 5.11 Å². The smallest absolute Gasteiger partial charge is 0.0931 e. The highest BCUT2D eigenvalue weighted by Crippen LogP contribution is 2.43. The second kappa shape index (κ2) is 4.99. The molecule has 0 amide bonds. The van der Waals surface area contributed by atoms with Gasteiger partial charge in [0.15, 0.2) is 0 Å². The van der Waals surface area contributed by atoms with Gasteiger partial charge in [0.25, 0.3) is 0 Å². The summed E-state index contributed by atoms with van der Waals surface area (Å²) in [7, 11) is 0. The first kappa shape index (κ1) is 13.3. The zero-order valence-electron chi connectivity index (χ0n) is 9.96. The minimum absolute atomic E-state index is 0.149. The van der Waals surface area contributed by atoms with Crippen LogP contribution >= 0.6 is 34.8 Å². The van der Waals surface area contributed by atoms with Crippen LogP contribution in [0.2, 0.25) is 10.0 Å². The molecule has 0 bridgehead atoms. The van der Waals surface area contributed by atoms with E-state index in [-0.39, 0.29) is 5.88 Å². The second-order valence-corrected chi connectivity index (χ2v) is 5.86. The standard InChI is InChI=1S/C15H11Cl3O/c16-7-14(19)13-6-11(18)5-9-3-8-4-10(17)1-2-12(8)15(9)13/h1-2,4-6,14,19H,3,7H2. The Morgan fingerprint density at radius 2 is 1.79 bits per heavy atom. The quantitative estimate of drug-likeness (QED) is 0.671. The van der Waals surface area contributed by atoms with Crippen molar-refractivity contribution in [2.24, 2.45) is 0 Å². The van der Waals surface area contributed by atoms with Crippen LogP contribution in [0.4, 0.5) is 0 Å². The average molecular weight is 314 g/mol. The number of hydrogen-bond donors (Lipinski definition) is 1. The van der Waals surface area contributed by atoms with Crippen molar-refractivity contribution in [2.45, 2.75) is 12.5 Å². The molecule has 3 rings (SSSR count). The summed E-state index contributed by atoms with van der Waals surface area (Å²) in [6.07, 6.45) is 0.0732. The number of rotatable bonds is 2. The van der Waals surface area contributed by atoms with E-state index in [1.807, 2.05) is 24.3 Å². The van der Waals surface area contributed by atoms with Gasteiger partial charge in [0.05, 0.1) is 12.0 Å². The summed E-state index contributed by atoms with van der Waals surface area (Å²) in [4.78, 5) is 0. The van der Waals surface area contributed by atoms with Gasteiger partial charge in [-0.25, -0.2) is 0 Å². The lowest BCUT2D eigenvalue weighted by Gasteiger charge is -2.14. The molecule has 2 aromatic rings. The van der Waals surface area contributed by atoms with Gasteiger partial charge in [-0.05, 0) is 58.5 Å². The Morgan fingerprint density at radius 3 is 2.53 bits per heavy atom. The molecular formula is C15H11Cl3O. The van der Waals surface area contributed by atoms with E-state index in [1.165, 1.54) is 0 Å². The summed E-state index contributed by atoms with van der Waals surface area (Å²) >= 11 is 17.9. The highest BCUT2D eigenvalue weighted by atomic mass is 35.5. The predicted octanol–water partition coefficient (Wildman–Crippen LogP) is 4.84. The van der Waals surface area contributed by atoms with Crippen molar-refractivity contribution in [3.8, 4) is 11.1 Å². The van der Waals surface area contributed by atoms with Gasteiger partial charge in [0.2, 0.25) is 0 Å². The molecule has 0 saturated heterocycles. The fraction of sp³-hybridized carbons (Fsp3) is 0.200. The zero-order valence-corrected chi connectivity index (χ0v) is 12.2. The van der Waals surface area contributed by atoms with Gasteiger partial charge in [-0.3, -0.25) is 0 Å². The van der Waals surface area contributed by atoms with Gasteiger partial charge in [-0.1, -0.05) is 29.3 Å². The van der Waals surface area contributed by atoms with Crippen LogP contribution < -0.4 is 0 Å². The summed E-state index contributed by atoms with van der Waals surface area (Å²) in [6.45, 7) is 0. The first-order chi connectivity index (χ1) is 9.10. The van der Waals surface area contributed by atoms with Crippen molar-refractivity contribution >= 4 is 34.8 Å². The van der Waals surface area contributed by atoms with Crippen LogP contribution in [-0.2, 0) is 6.42 Å².